The number of amides is 1. The van der Waals surface area contributed by atoms with Gasteiger partial charge in [-0.15, -0.1) is 11.8 Å². The number of thioether (sulfide) groups is 1. The first-order chi connectivity index (χ1) is 11.0. The van der Waals surface area contributed by atoms with E-state index in [0.717, 1.165) is 4.90 Å². The van der Waals surface area contributed by atoms with E-state index < -0.39 is 6.10 Å². The molecule has 0 aliphatic rings. The summed E-state index contributed by atoms with van der Waals surface area (Å²) in [6.45, 7) is 1.84. The molecule has 1 aromatic carbocycles. The third-order valence-corrected chi connectivity index (χ3v) is 4.28. The first kappa shape index (κ1) is 17.6. The zero-order valence-electron chi connectivity index (χ0n) is 12.9. The van der Waals surface area contributed by atoms with Gasteiger partial charge in [-0.05, 0) is 43.3 Å². The molecular weight excluding hydrogens is 317 g/mol. The summed E-state index contributed by atoms with van der Waals surface area (Å²) in [5.41, 5.74) is 0. The number of furan rings is 1. The number of rotatable bonds is 8. The molecule has 0 saturated heterocycles. The molecule has 1 amide bonds. The van der Waals surface area contributed by atoms with Crippen LogP contribution < -0.4 is 5.32 Å². The Labute approximate surface area is 139 Å². The standard InChI is InChI=1S/C17H20FNO3S/c1-12(11-15(20)16-3-2-9-22-16)19-17(21)8-10-23-14-6-4-13(18)5-7-14/h2-7,9,12,15,20H,8,10-11H2,1H3,(H,19,21). The van der Waals surface area contributed by atoms with Crippen LogP contribution in [0.5, 0.6) is 0 Å². The summed E-state index contributed by atoms with van der Waals surface area (Å²) in [7, 11) is 0. The van der Waals surface area contributed by atoms with Gasteiger partial charge in [0, 0.05) is 29.5 Å². The molecule has 0 aliphatic heterocycles. The lowest BCUT2D eigenvalue weighted by atomic mass is 10.1. The van der Waals surface area contributed by atoms with Gasteiger partial charge in [-0.1, -0.05) is 0 Å². The van der Waals surface area contributed by atoms with Gasteiger partial charge in [-0.2, -0.15) is 0 Å². The maximum atomic E-state index is 12.8. The molecule has 2 atom stereocenters. The smallest absolute Gasteiger partial charge is 0.221 e. The molecule has 6 heteroatoms. The highest BCUT2D eigenvalue weighted by Crippen LogP contribution is 2.20. The van der Waals surface area contributed by atoms with E-state index in [1.54, 1.807) is 24.3 Å². The van der Waals surface area contributed by atoms with Crippen LogP contribution in [0.25, 0.3) is 0 Å². The van der Waals surface area contributed by atoms with Crippen molar-refractivity contribution in [3.63, 3.8) is 0 Å². The molecule has 1 heterocycles. The van der Waals surface area contributed by atoms with E-state index in [9.17, 15) is 14.3 Å². The van der Waals surface area contributed by atoms with Crippen LogP contribution in [0.2, 0.25) is 0 Å². The summed E-state index contributed by atoms with van der Waals surface area (Å²) < 4.78 is 17.9. The second-order valence-corrected chi connectivity index (χ2v) is 6.46. The summed E-state index contributed by atoms with van der Waals surface area (Å²) in [6.07, 6.45) is 1.54. The molecular formula is C17H20FNO3S. The molecule has 0 aliphatic carbocycles. The molecule has 4 nitrogen and oxygen atoms in total. The van der Waals surface area contributed by atoms with E-state index >= 15 is 0 Å². The van der Waals surface area contributed by atoms with Crippen LogP contribution in [-0.4, -0.2) is 22.8 Å². The molecule has 0 saturated carbocycles. The maximum Gasteiger partial charge on any atom is 0.221 e. The number of hydrogen-bond acceptors (Lipinski definition) is 4. The van der Waals surface area contributed by atoms with Crippen LogP contribution in [0.1, 0.15) is 31.6 Å². The summed E-state index contributed by atoms with van der Waals surface area (Å²) in [4.78, 5) is 12.8. The summed E-state index contributed by atoms with van der Waals surface area (Å²) in [5, 5.41) is 12.8. The number of benzene rings is 1. The predicted octanol–water partition coefficient (Wildman–Crippen LogP) is 3.53. The van der Waals surface area contributed by atoms with Crippen molar-refractivity contribution in [3.8, 4) is 0 Å². The van der Waals surface area contributed by atoms with Crippen molar-refractivity contribution >= 4 is 17.7 Å². The van der Waals surface area contributed by atoms with Crippen LogP contribution in [-0.2, 0) is 4.79 Å². The van der Waals surface area contributed by atoms with Gasteiger partial charge < -0.3 is 14.8 Å². The number of carbonyl (C=O) groups excluding carboxylic acids is 1. The molecule has 0 bridgehead atoms. The first-order valence-electron chi connectivity index (χ1n) is 7.44. The zero-order valence-corrected chi connectivity index (χ0v) is 13.7. The fourth-order valence-corrected chi connectivity index (χ4v) is 2.98. The quantitative estimate of drug-likeness (QED) is 0.724. The van der Waals surface area contributed by atoms with Gasteiger partial charge in [0.25, 0.3) is 0 Å². The third kappa shape index (κ3) is 6.08. The van der Waals surface area contributed by atoms with Crippen molar-refractivity contribution in [2.24, 2.45) is 0 Å². The monoisotopic (exact) mass is 337 g/mol. The number of aliphatic hydroxyl groups excluding tert-OH is 1. The van der Waals surface area contributed by atoms with Crippen LogP contribution in [0.4, 0.5) is 4.39 Å². The molecule has 0 fully saturated rings. The van der Waals surface area contributed by atoms with Crippen LogP contribution in [0, 0.1) is 5.82 Å². The number of aliphatic hydroxyl groups is 1. The first-order valence-corrected chi connectivity index (χ1v) is 8.42. The van der Waals surface area contributed by atoms with E-state index in [-0.39, 0.29) is 17.8 Å². The molecule has 2 aromatic rings. The van der Waals surface area contributed by atoms with E-state index in [2.05, 4.69) is 5.32 Å². The highest BCUT2D eigenvalue weighted by Gasteiger charge is 2.16. The molecule has 2 rings (SSSR count). The van der Waals surface area contributed by atoms with Crippen LogP contribution in [0.15, 0.2) is 52.0 Å². The molecule has 0 radical (unpaired) electrons. The minimum absolute atomic E-state index is 0.0706. The van der Waals surface area contributed by atoms with Crippen LogP contribution >= 0.6 is 11.8 Å². The number of hydrogen-bond donors (Lipinski definition) is 2. The van der Waals surface area contributed by atoms with Gasteiger partial charge in [0.15, 0.2) is 0 Å². The van der Waals surface area contributed by atoms with Gasteiger partial charge >= 0.3 is 0 Å². The second kappa shape index (κ2) is 8.74. The highest BCUT2D eigenvalue weighted by molar-refractivity contribution is 7.99. The lowest BCUT2D eigenvalue weighted by Crippen LogP contribution is -2.33. The molecule has 124 valence electrons. The topological polar surface area (TPSA) is 62.5 Å². The summed E-state index contributed by atoms with van der Waals surface area (Å²) in [5.74, 6) is 0.776. The number of carbonyl (C=O) groups is 1. The van der Waals surface area contributed by atoms with Gasteiger partial charge in [-0.25, -0.2) is 4.39 Å². The average molecular weight is 337 g/mol. The minimum Gasteiger partial charge on any atom is -0.467 e. The van der Waals surface area contributed by atoms with Crippen molar-refractivity contribution < 1.29 is 18.7 Å². The zero-order chi connectivity index (χ0) is 16.7. The lowest BCUT2D eigenvalue weighted by Gasteiger charge is -2.16. The van der Waals surface area contributed by atoms with Crippen molar-refractivity contribution in [2.75, 3.05) is 5.75 Å². The Balaban J connectivity index is 1.66. The maximum absolute atomic E-state index is 12.8. The van der Waals surface area contributed by atoms with Crippen molar-refractivity contribution in [2.45, 2.75) is 36.8 Å². The van der Waals surface area contributed by atoms with Gasteiger partial charge in [0.2, 0.25) is 5.91 Å². The van der Waals surface area contributed by atoms with Gasteiger partial charge in [0.1, 0.15) is 17.7 Å². The Morgan fingerprint density at radius 3 is 2.74 bits per heavy atom. The number of nitrogens with one attached hydrogen (secondary N) is 1. The third-order valence-electron chi connectivity index (χ3n) is 3.27. The lowest BCUT2D eigenvalue weighted by molar-refractivity contribution is -0.121. The fraction of sp³-hybridized carbons (Fsp3) is 0.353. The molecule has 0 spiro atoms. The summed E-state index contributed by atoms with van der Waals surface area (Å²) >= 11 is 1.50. The minimum atomic E-state index is -0.728. The molecule has 1 aromatic heterocycles. The van der Waals surface area contributed by atoms with E-state index in [0.29, 0.717) is 24.4 Å². The Bertz CT molecular complexity index is 601. The largest absolute Gasteiger partial charge is 0.467 e. The van der Waals surface area contributed by atoms with E-state index in [4.69, 9.17) is 4.42 Å². The van der Waals surface area contributed by atoms with Crippen molar-refractivity contribution in [1.29, 1.82) is 0 Å². The highest BCUT2D eigenvalue weighted by atomic mass is 32.2. The van der Waals surface area contributed by atoms with Crippen molar-refractivity contribution in [1.82, 2.24) is 5.32 Å². The van der Waals surface area contributed by atoms with Crippen LogP contribution in [0.3, 0.4) is 0 Å². The Morgan fingerprint density at radius 1 is 1.35 bits per heavy atom. The Kier molecular flexibility index (Phi) is 6.67. The SMILES string of the molecule is CC(CC(O)c1ccco1)NC(=O)CCSc1ccc(F)cc1. The fourth-order valence-electron chi connectivity index (χ4n) is 2.13. The Morgan fingerprint density at radius 2 is 2.09 bits per heavy atom. The summed E-state index contributed by atoms with van der Waals surface area (Å²) in [6, 6.07) is 9.47. The number of halogens is 1. The van der Waals surface area contributed by atoms with E-state index in [1.807, 2.05) is 6.92 Å². The predicted molar refractivity (Wildman–Crippen MR) is 87.6 cm³/mol. The van der Waals surface area contributed by atoms with Crippen molar-refractivity contribution in [3.05, 3.63) is 54.2 Å². The van der Waals surface area contributed by atoms with Gasteiger partial charge in [0.05, 0.1) is 6.26 Å². The normalized spacial score (nSPS) is 13.5. The van der Waals surface area contributed by atoms with Gasteiger partial charge in [-0.3, -0.25) is 4.79 Å². The molecule has 2 unspecified atom stereocenters. The average Bonchev–Trinajstić information content (AvgIpc) is 3.03. The molecule has 2 N–H and O–H groups in total. The molecule has 23 heavy (non-hydrogen) atoms. The second-order valence-electron chi connectivity index (χ2n) is 5.29. The van der Waals surface area contributed by atoms with E-state index in [1.165, 1.54) is 30.2 Å². The Hall–Kier alpha value is -1.79.